The molecule has 3 N–H and O–H groups in total. The van der Waals surface area contributed by atoms with Crippen LogP contribution in [-0.2, 0) is 4.79 Å². The number of methoxy groups -OCH3 is 1. The van der Waals surface area contributed by atoms with Gasteiger partial charge in [-0.1, -0.05) is 66.4 Å². The number of anilines is 1. The number of aromatic nitrogens is 3. The van der Waals surface area contributed by atoms with E-state index in [2.05, 4.69) is 15.5 Å². The molecule has 34 heavy (non-hydrogen) atoms. The molecular weight excluding hydrogens is 450 g/mol. The van der Waals surface area contributed by atoms with E-state index < -0.39 is 5.25 Å². The lowest BCUT2D eigenvalue weighted by atomic mass is 10.1. The zero-order valence-corrected chi connectivity index (χ0v) is 19.7. The monoisotopic (exact) mass is 475 g/mol. The summed E-state index contributed by atoms with van der Waals surface area (Å²) in [5.41, 5.74) is 2.11. The molecule has 4 aromatic rings. The first-order valence-corrected chi connectivity index (χ1v) is 11.6. The average Bonchev–Trinajstić information content (AvgIpc) is 3.24. The maximum Gasteiger partial charge on any atom is 0.242 e. The number of hydrogen-bond donors (Lipinski definition) is 2. The van der Waals surface area contributed by atoms with Crippen LogP contribution in [0.15, 0.2) is 84.0 Å². The summed E-state index contributed by atoms with van der Waals surface area (Å²) in [7, 11) is 1.58. The van der Waals surface area contributed by atoms with Gasteiger partial charge in [0.2, 0.25) is 11.1 Å². The van der Waals surface area contributed by atoms with Crippen LogP contribution in [0.1, 0.15) is 17.7 Å². The number of amides is 1. The van der Waals surface area contributed by atoms with Crippen LogP contribution < -0.4 is 20.6 Å². The van der Waals surface area contributed by atoms with Crippen molar-refractivity contribution in [2.45, 2.75) is 17.3 Å². The third-order valence-electron chi connectivity index (χ3n) is 5.02. The second kappa shape index (κ2) is 10.8. The van der Waals surface area contributed by atoms with Crippen molar-refractivity contribution in [3.8, 4) is 22.9 Å². The molecule has 0 saturated carbocycles. The molecule has 0 bridgehead atoms. The minimum absolute atomic E-state index is 0.231. The van der Waals surface area contributed by atoms with E-state index in [0.717, 1.165) is 5.56 Å². The molecular formula is C25H25N5O3S. The van der Waals surface area contributed by atoms with E-state index in [1.807, 2.05) is 79.7 Å². The Bertz CT molecular complexity index is 1260. The molecule has 0 aliphatic carbocycles. The Labute approximate surface area is 202 Å². The minimum atomic E-state index is -0.632. The Morgan fingerprint density at radius 2 is 1.68 bits per heavy atom. The smallest absolute Gasteiger partial charge is 0.242 e. The topological polar surface area (TPSA) is 104 Å². The van der Waals surface area contributed by atoms with E-state index in [1.165, 1.54) is 16.4 Å². The molecule has 0 aliphatic rings. The molecule has 0 spiro atoms. The average molecular weight is 476 g/mol. The predicted molar refractivity (Wildman–Crippen MR) is 133 cm³/mol. The van der Waals surface area contributed by atoms with E-state index in [1.54, 1.807) is 13.2 Å². The molecule has 1 amide bonds. The van der Waals surface area contributed by atoms with Crippen molar-refractivity contribution < 1.29 is 14.3 Å². The van der Waals surface area contributed by atoms with Crippen LogP contribution in [-0.4, -0.2) is 34.5 Å². The molecule has 0 aliphatic heterocycles. The van der Waals surface area contributed by atoms with Crippen molar-refractivity contribution >= 4 is 23.4 Å². The van der Waals surface area contributed by atoms with Crippen LogP contribution in [0.25, 0.3) is 11.4 Å². The fourth-order valence-corrected chi connectivity index (χ4v) is 4.38. The summed E-state index contributed by atoms with van der Waals surface area (Å²) in [6.07, 6.45) is 0. The van der Waals surface area contributed by atoms with Crippen molar-refractivity contribution in [1.82, 2.24) is 14.9 Å². The third-order valence-corrected chi connectivity index (χ3v) is 6.23. The van der Waals surface area contributed by atoms with Gasteiger partial charge in [0, 0.05) is 0 Å². The Balaban J connectivity index is 1.65. The van der Waals surface area contributed by atoms with Crippen LogP contribution in [0, 0.1) is 0 Å². The maximum atomic E-state index is 13.5. The standard InChI is InChI=1S/C25H25N5O3S/c1-3-33-21-16-10-8-14-19(21)27-24(31)22(17-11-5-4-6-12-17)34-25-29-28-23(30(25)26)18-13-7-9-15-20(18)32-2/h4-16,22H,3,26H2,1-2H3,(H,27,31). The van der Waals surface area contributed by atoms with E-state index in [4.69, 9.17) is 15.3 Å². The minimum Gasteiger partial charge on any atom is -0.496 e. The molecule has 1 aromatic heterocycles. The second-order valence-corrected chi connectivity index (χ2v) is 8.28. The van der Waals surface area contributed by atoms with Crippen LogP contribution in [0.5, 0.6) is 11.5 Å². The lowest BCUT2D eigenvalue weighted by Gasteiger charge is -2.18. The van der Waals surface area contributed by atoms with Crippen LogP contribution >= 0.6 is 11.8 Å². The van der Waals surface area contributed by atoms with Gasteiger partial charge in [-0.2, -0.15) is 0 Å². The molecule has 0 saturated heterocycles. The number of para-hydroxylation sites is 3. The number of carbonyl (C=O) groups excluding carboxylic acids is 1. The van der Waals surface area contributed by atoms with E-state index in [9.17, 15) is 4.79 Å². The Morgan fingerprint density at radius 1 is 1.00 bits per heavy atom. The zero-order chi connectivity index (χ0) is 23.9. The summed E-state index contributed by atoms with van der Waals surface area (Å²) in [6.45, 7) is 2.39. The molecule has 1 unspecified atom stereocenters. The van der Waals surface area contributed by atoms with Gasteiger partial charge >= 0.3 is 0 Å². The Kier molecular flexibility index (Phi) is 7.34. The summed E-state index contributed by atoms with van der Waals surface area (Å²) in [6, 6.07) is 24.2. The molecule has 1 atom stereocenters. The second-order valence-electron chi connectivity index (χ2n) is 7.20. The number of hydrogen-bond acceptors (Lipinski definition) is 7. The summed E-state index contributed by atoms with van der Waals surface area (Å²) in [4.78, 5) is 13.5. The quantitative estimate of drug-likeness (QED) is 0.271. The van der Waals surface area contributed by atoms with Gasteiger partial charge in [0.15, 0.2) is 5.82 Å². The fraction of sp³-hybridized carbons (Fsp3) is 0.160. The highest BCUT2D eigenvalue weighted by atomic mass is 32.2. The van der Waals surface area contributed by atoms with Crippen LogP contribution in [0.3, 0.4) is 0 Å². The van der Waals surface area contributed by atoms with Gasteiger partial charge < -0.3 is 20.6 Å². The molecule has 4 rings (SSSR count). The number of carbonyl (C=O) groups is 1. The highest BCUT2D eigenvalue weighted by Crippen LogP contribution is 2.37. The number of thioether (sulfide) groups is 1. The summed E-state index contributed by atoms with van der Waals surface area (Å²) < 4.78 is 12.5. The molecule has 174 valence electrons. The first-order chi connectivity index (χ1) is 16.6. The number of nitrogen functional groups attached to an aromatic ring is 1. The maximum absolute atomic E-state index is 13.5. The van der Waals surface area contributed by atoms with Gasteiger partial charge in [-0.25, -0.2) is 4.68 Å². The molecule has 0 fully saturated rings. The molecule has 1 heterocycles. The van der Waals surface area contributed by atoms with Gasteiger partial charge in [0.25, 0.3) is 0 Å². The first kappa shape index (κ1) is 23.2. The van der Waals surface area contributed by atoms with E-state index >= 15 is 0 Å². The third kappa shape index (κ3) is 4.99. The Morgan fingerprint density at radius 3 is 2.41 bits per heavy atom. The first-order valence-electron chi connectivity index (χ1n) is 10.7. The SMILES string of the molecule is CCOc1ccccc1NC(=O)C(Sc1nnc(-c2ccccc2OC)n1N)c1ccccc1. The highest BCUT2D eigenvalue weighted by molar-refractivity contribution is 8.00. The summed E-state index contributed by atoms with van der Waals surface area (Å²) >= 11 is 1.21. The van der Waals surface area contributed by atoms with Gasteiger partial charge in [-0.05, 0) is 36.8 Å². The molecule has 8 nitrogen and oxygen atoms in total. The predicted octanol–water partition coefficient (Wildman–Crippen LogP) is 4.54. The normalized spacial score (nSPS) is 11.6. The number of ether oxygens (including phenoxy) is 2. The van der Waals surface area contributed by atoms with E-state index in [0.29, 0.717) is 40.3 Å². The van der Waals surface area contributed by atoms with Crippen molar-refractivity contribution in [1.29, 1.82) is 0 Å². The van der Waals surface area contributed by atoms with Crippen molar-refractivity contribution in [3.05, 3.63) is 84.4 Å². The zero-order valence-electron chi connectivity index (χ0n) is 18.8. The van der Waals surface area contributed by atoms with Crippen molar-refractivity contribution in [2.75, 3.05) is 24.9 Å². The number of nitrogens with two attached hydrogens (primary N) is 1. The number of nitrogens with zero attached hydrogens (tertiary/aromatic N) is 3. The molecule has 9 heteroatoms. The van der Waals surface area contributed by atoms with Gasteiger partial charge in [-0.15, -0.1) is 10.2 Å². The number of benzene rings is 3. The summed E-state index contributed by atoms with van der Waals surface area (Å²) in [5, 5.41) is 11.3. The van der Waals surface area contributed by atoms with Crippen LogP contribution in [0.4, 0.5) is 5.69 Å². The molecule has 0 radical (unpaired) electrons. The number of rotatable bonds is 9. The fourth-order valence-electron chi connectivity index (χ4n) is 3.43. The molecule has 3 aromatic carbocycles. The van der Waals surface area contributed by atoms with Gasteiger partial charge in [0.05, 0.1) is 25.0 Å². The lowest BCUT2D eigenvalue weighted by Crippen LogP contribution is -2.21. The van der Waals surface area contributed by atoms with Crippen molar-refractivity contribution in [3.63, 3.8) is 0 Å². The Hall–Kier alpha value is -3.98. The highest BCUT2D eigenvalue weighted by Gasteiger charge is 2.27. The van der Waals surface area contributed by atoms with E-state index in [-0.39, 0.29) is 5.91 Å². The largest absolute Gasteiger partial charge is 0.496 e. The van der Waals surface area contributed by atoms with Crippen molar-refractivity contribution in [2.24, 2.45) is 0 Å². The lowest BCUT2D eigenvalue weighted by molar-refractivity contribution is -0.115. The van der Waals surface area contributed by atoms with Crippen LogP contribution in [0.2, 0.25) is 0 Å². The van der Waals surface area contributed by atoms with Gasteiger partial charge in [-0.3, -0.25) is 4.79 Å². The van der Waals surface area contributed by atoms with Gasteiger partial charge in [0.1, 0.15) is 16.7 Å². The summed E-state index contributed by atoms with van der Waals surface area (Å²) in [5.74, 6) is 7.81. The number of nitrogens with one attached hydrogen (secondary N) is 1.